The number of amides is 1. The number of nitrogens with one attached hydrogen (secondary N) is 1. The van der Waals surface area contributed by atoms with Gasteiger partial charge in [0.05, 0.1) is 0 Å². The second-order valence-corrected chi connectivity index (χ2v) is 5.01. The van der Waals surface area contributed by atoms with Crippen molar-refractivity contribution in [3.05, 3.63) is 59.2 Å². The highest BCUT2D eigenvalue weighted by Crippen LogP contribution is 2.23. The molecule has 4 nitrogen and oxygen atoms in total. The van der Waals surface area contributed by atoms with E-state index in [1.165, 1.54) is 0 Å². The molecule has 3 N–H and O–H groups in total. The molecule has 0 aliphatic rings. The van der Waals surface area contributed by atoms with E-state index in [0.29, 0.717) is 12.1 Å². The van der Waals surface area contributed by atoms with Crippen LogP contribution in [-0.2, 0) is 0 Å². The molecule has 2 aromatic rings. The normalized spacial score (nSPS) is 10.3. The second-order valence-electron chi connectivity index (χ2n) is 5.01. The van der Waals surface area contributed by atoms with Gasteiger partial charge < -0.3 is 10.3 Å². The van der Waals surface area contributed by atoms with Crippen LogP contribution >= 0.6 is 0 Å². The Morgan fingerprint density at radius 3 is 2.43 bits per heavy atom. The molecule has 110 valence electrons. The van der Waals surface area contributed by atoms with Crippen molar-refractivity contribution in [2.75, 3.05) is 16.9 Å². The van der Waals surface area contributed by atoms with E-state index in [0.717, 1.165) is 22.5 Å². The Hall–Kier alpha value is -2.33. The minimum Gasteiger partial charge on any atom is -0.324 e. The van der Waals surface area contributed by atoms with Gasteiger partial charge in [0.1, 0.15) is 0 Å². The molecule has 0 aromatic heterocycles. The lowest BCUT2D eigenvalue weighted by Crippen LogP contribution is -2.31. The van der Waals surface area contributed by atoms with E-state index in [9.17, 15) is 4.79 Å². The van der Waals surface area contributed by atoms with Crippen molar-refractivity contribution >= 4 is 17.3 Å². The maximum Gasteiger partial charge on any atom is 0.258 e. The number of rotatable bonds is 4. The molecule has 0 saturated heterocycles. The standard InChI is InChI=1S/C17H21N3O/c1-4-20(16-8-6-5-7-12(16)2)17(21)15-10-9-14(19-18)11-13(15)3/h5-11,19H,4,18H2,1-3H3. The van der Waals surface area contributed by atoms with Crippen LogP contribution in [0.2, 0.25) is 0 Å². The molecule has 0 bridgehead atoms. The largest absolute Gasteiger partial charge is 0.324 e. The van der Waals surface area contributed by atoms with Gasteiger partial charge in [0.2, 0.25) is 0 Å². The number of nitrogens with zero attached hydrogens (tertiary/aromatic N) is 1. The predicted molar refractivity (Wildman–Crippen MR) is 87.5 cm³/mol. The summed E-state index contributed by atoms with van der Waals surface area (Å²) in [6, 6.07) is 13.4. The van der Waals surface area contributed by atoms with Gasteiger partial charge in [-0.3, -0.25) is 10.6 Å². The van der Waals surface area contributed by atoms with Gasteiger partial charge in [-0.1, -0.05) is 18.2 Å². The van der Waals surface area contributed by atoms with Crippen molar-refractivity contribution in [1.82, 2.24) is 0 Å². The van der Waals surface area contributed by atoms with Crippen molar-refractivity contribution in [1.29, 1.82) is 0 Å². The van der Waals surface area contributed by atoms with Gasteiger partial charge in [0, 0.05) is 23.5 Å². The molecule has 0 fully saturated rings. The number of anilines is 2. The monoisotopic (exact) mass is 283 g/mol. The van der Waals surface area contributed by atoms with E-state index in [-0.39, 0.29) is 5.91 Å². The molecular formula is C17H21N3O. The number of nitrogen functional groups attached to an aromatic ring is 1. The van der Waals surface area contributed by atoms with Crippen LogP contribution in [0.15, 0.2) is 42.5 Å². The van der Waals surface area contributed by atoms with E-state index in [1.54, 1.807) is 4.90 Å². The van der Waals surface area contributed by atoms with Crippen LogP contribution in [0.4, 0.5) is 11.4 Å². The van der Waals surface area contributed by atoms with Crippen molar-refractivity contribution in [3.8, 4) is 0 Å². The highest BCUT2D eigenvalue weighted by Gasteiger charge is 2.19. The number of hydrazine groups is 1. The number of nitrogens with two attached hydrogens (primary N) is 1. The average molecular weight is 283 g/mol. The third-order valence-corrected chi connectivity index (χ3v) is 3.59. The zero-order valence-electron chi connectivity index (χ0n) is 12.7. The zero-order valence-corrected chi connectivity index (χ0v) is 12.7. The van der Waals surface area contributed by atoms with E-state index in [1.807, 2.05) is 63.2 Å². The third-order valence-electron chi connectivity index (χ3n) is 3.59. The van der Waals surface area contributed by atoms with Gasteiger partial charge in [0.15, 0.2) is 0 Å². The molecule has 0 heterocycles. The summed E-state index contributed by atoms with van der Waals surface area (Å²) in [4.78, 5) is 14.6. The summed E-state index contributed by atoms with van der Waals surface area (Å²) in [6.07, 6.45) is 0. The quantitative estimate of drug-likeness (QED) is 0.669. The Bertz CT molecular complexity index is 652. The van der Waals surface area contributed by atoms with E-state index in [2.05, 4.69) is 5.43 Å². The minimum atomic E-state index is 0.00729. The molecule has 21 heavy (non-hydrogen) atoms. The van der Waals surface area contributed by atoms with Crippen molar-refractivity contribution in [3.63, 3.8) is 0 Å². The van der Waals surface area contributed by atoms with Gasteiger partial charge in [-0.05, 0) is 56.2 Å². The Morgan fingerprint density at radius 1 is 1.14 bits per heavy atom. The first-order valence-corrected chi connectivity index (χ1v) is 7.03. The van der Waals surface area contributed by atoms with Gasteiger partial charge >= 0.3 is 0 Å². The average Bonchev–Trinajstić information content (AvgIpc) is 2.49. The Morgan fingerprint density at radius 2 is 1.86 bits per heavy atom. The Balaban J connectivity index is 2.39. The van der Waals surface area contributed by atoms with Gasteiger partial charge in [-0.25, -0.2) is 0 Å². The molecule has 0 unspecified atom stereocenters. The van der Waals surface area contributed by atoms with E-state index in [4.69, 9.17) is 5.84 Å². The number of benzene rings is 2. The molecule has 4 heteroatoms. The molecule has 1 amide bonds. The summed E-state index contributed by atoms with van der Waals surface area (Å²) in [5, 5.41) is 0. The zero-order chi connectivity index (χ0) is 15.4. The number of hydrogen-bond donors (Lipinski definition) is 2. The number of hydrogen-bond acceptors (Lipinski definition) is 3. The van der Waals surface area contributed by atoms with Gasteiger partial charge in [-0.15, -0.1) is 0 Å². The SMILES string of the molecule is CCN(C(=O)c1ccc(NN)cc1C)c1ccccc1C. The summed E-state index contributed by atoms with van der Waals surface area (Å²) < 4.78 is 0. The van der Waals surface area contributed by atoms with Crippen LogP contribution in [0, 0.1) is 13.8 Å². The molecule has 0 aliphatic carbocycles. The second kappa shape index (κ2) is 6.41. The topological polar surface area (TPSA) is 58.4 Å². The molecule has 0 radical (unpaired) electrons. The Labute approximate surface area is 125 Å². The van der Waals surface area contributed by atoms with Crippen LogP contribution in [0.5, 0.6) is 0 Å². The first kappa shape index (κ1) is 15.1. The Kier molecular flexibility index (Phi) is 4.60. The lowest BCUT2D eigenvalue weighted by molar-refractivity contribution is 0.0987. The number of para-hydroxylation sites is 1. The minimum absolute atomic E-state index is 0.00729. The fourth-order valence-corrected chi connectivity index (χ4v) is 2.43. The maximum atomic E-state index is 12.8. The van der Waals surface area contributed by atoms with Gasteiger partial charge in [-0.2, -0.15) is 0 Å². The summed E-state index contributed by atoms with van der Waals surface area (Å²) >= 11 is 0. The lowest BCUT2D eigenvalue weighted by Gasteiger charge is -2.24. The molecule has 0 saturated carbocycles. The van der Waals surface area contributed by atoms with Crippen molar-refractivity contribution < 1.29 is 4.79 Å². The molecule has 0 spiro atoms. The first-order chi connectivity index (χ1) is 10.1. The van der Waals surface area contributed by atoms with Crippen molar-refractivity contribution in [2.24, 2.45) is 5.84 Å². The predicted octanol–water partition coefficient (Wildman–Crippen LogP) is 3.26. The smallest absolute Gasteiger partial charge is 0.258 e. The fourth-order valence-electron chi connectivity index (χ4n) is 2.43. The highest BCUT2D eigenvalue weighted by molar-refractivity contribution is 6.07. The summed E-state index contributed by atoms with van der Waals surface area (Å²) in [5.74, 6) is 5.40. The highest BCUT2D eigenvalue weighted by atomic mass is 16.2. The van der Waals surface area contributed by atoms with Crippen molar-refractivity contribution in [2.45, 2.75) is 20.8 Å². The van der Waals surface area contributed by atoms with Crippen LogP contribution in [0.25, 0.3) is 0 Å². The summed E-state index contributed by atoms with van der Waals surface area (Å²) in [7, 11) is 0. The van der Waals surface area contributed by atoms with Crippen LogP contribution in [0.1, 0.15) is 28.4 Å². The van der Waals surface area contributed by atoms with E-state index >= 15 is 0 Å². The van der Waals surface area contributed by atoms with Gasteiger partial charge in [0.25, 0.3) is 5.91 Å². The number of carbonyl (C=O) groups is 1. The number of carbonyl (C=O) groups excluding carboxylic acids is 1. The lowest BCUT2D eigenvalue weighted by atomic mass is 10.1. The fraction of sp³-hybridized carbons (Fsp3) is 0.235. The maximum absolute atomic E-state index is 12.8. The first-order valence-electron chi connectivity index (χ1n) is 7.03. The molecule has 0 aliphatic heterocycles. The van der Waals surface area contributed by atoms with Crippen LogP contribution < -0.4 is 16.2 Å². The summed E-state index contributed by atoms with van der Waals surface area (Å²) in [5.41, 5.74) is 7.02. The molecule has 2 aromatic carbocycles. The number of aryl methyl sites for hydroxylation is 2. The van der Waals surface area contributed by atoms with Crippen LogP contribution in [0.3, 0.4) is 0 Å². The molecule has 0 atom stereocenters. The summed E-state index contributed by atoms with van der Waals surface area (Å²) in [6.45, 7) is 6.54. The van der Waals surface area contributed by atoms with E-state index < -0.39 is 0 Å². The third kappa shape index (κ3) is 3.06. The molecular weight excluding hydrogens is 262 g/mol. The van der Waals surface area contributed by atoms with Crippen LogP contribution in [-0.4, -0.2) is 12.5 Å². The molecule has 2 rings (SSSR count).